The minimum Gasteiger partial charge on any atom is -0.480 e. The summed E-state index contributed by atoms with van der Waals surface area (Å²) in [7, 11) is 0. The monoisotopic (exact) mass is 263 g/mol. The van der Waals surface area contributed by atoms with Crippen LogP contribution in [-0.2, 0) is 4.79 Å². The van der Waals surface area contributed by atoms with E-state index in [1.54, 1.807) is 0 Å². The third-order valence-corrected chi connectivity index (χ3v) is 3.07. The van der Waals surface area contributed by atoms with Crippen LogP contribution in [0.25, 0.3) is 0 Å². The second-order valence-electron chi connectivity index (χ2n) is 4.29. The number of nitrogens with two attached hydrogens (primary N) is 1. The first kappa shape index (κ1) is 13.0. The Morgan fingerprint density at radius 1 is 1.37 bits per heavy atom. The van der Waals surface area contributed by atoms with Gasteiger partial charge < -0.3 is 15.7 Å². The Bertz CT molecular complexity index is 526. The van der Waals surface area contributed by atoms with Crippen LogP contribution in [-0.4, -0.2) is 45.4 Å². The van der Waals surface area contributed by atoms with Crippen LogP contribution in [0.5, 0.6) is 0 Å². The summed E-state index contributed by atoms with van der Waals surface area (Å²) < 4.78 is 0. The fourth-order valence-electron chi connectivity index (χ4n) is 2.08. The van der Waals surface area contributed by atoms with E-state index in [-0.39, 0.29) is 11.3 Å². The predicted octanol–water partition coefficient (Wildman–Crippen LogP) is -0.130. The Labute approximate surface area is 109 Å². The standard InChI is InChI=1S/C12H13N3O4/c13-10(16)7-3-4-8(14-6-7)11(17)15-5-1-2-9(15)12(18)19/h3-4,6,9H,1-2,5H2,(H2,13,16)(H,18,19). The van der Waals surface area contributed by atoms with Crippen molar-refractivity contribution in [1.82, 2.24) is 9.88 Å². The van der Waals surface area contributed by atoms with Gasteiger partial charge in [-0.3, -0.25) is 14.6 Å². The SMILES string of the molecule is NC(=O)c1ccc(C(=O)N2CCCC2C(=O)O)nc1. The van der Waals surface area contributed by atoms with Gasteiger partial charge in [0.05, 0.1) is 5.56 Å². The molecule has 0 saturated carbocycles. The number of carbonyl (C=O) groups excluding carboxylic acids is 2. The Balaban J connectivity index is 2.19. The second kappa shape index (κ2) is 5.05. The molecular formula is C12H13N3O4. The summed E-state index contributed by atoms with van der Waals surface area (Å²) in [5.74, 6) is -2.09. The van der Waals surface area contributed by atoms with E-state index in [2.05, 4.69) is 4.98 Å². The largest absolute Gasteiger partial charge is 0.480 e. The van der Waals surface area contributed by atoms with Gasteiger partial charge in [-0.25, -0.2) is 4.79 Å². The zero-order valence-corrected chi connectivity index (χ0v) is 10.1. The molecule has 1 aliphatic heterocycles. The predicted molar refractivity (Wildman–Crippen MR) is 64.4 cm³/mol. The summed E-state index contributed by atoms with van der Waals surface area (Å²) >= 11 is 0. The molecule has 1 atom stereocenters. The molecule has 0 radical (unpaired) electrons. The molecular weight excluding hydrogens is 250 g/mol. The third-order valence-electron chi connectivity index (χ3n) is 3.07. The summed E-state index contributed by atoms with van der Waals surface area (Å²) in [6, 6.07) is 1.97. The van der Waals surface area contributed by atoms with Crippen LogP contribution >= 0.6 is 0 Å². The quantitative estimate of drug-likeness (QED) is 0.788. The fraction of sp³-hybridized carbons (Fsp3) is 0.333. The van der Waals surface area contributed by atoms with Gasteiger partial charge in [0.2, 0.25) is 5.91 Å². The molecule has 100 valence electrons. The zero-order chi connectivity index (χ0) is 14.0. The molecule has 0 aliphatic carbocycles. The van der Waals surface area contributed by atoms with Crippen molar-refractivity contribution in [3.63, 3.8) is 0 Å². The van der Waals surface area contributed by atoms with Crippen molar-refractivity contribution in [1.29, 1.82) is 0 Å². The van der Waals surface area contributed by atoms with Crippen molar-refractivity contribution in [3.05, 3.63) is 29.6 Å². The lowest BCUT2D eigenvalue weighted by atomic mass is 10.2. The highest BCUT2D eigenvalue weighted by Gasteiger charge is 2.34. The number of carboxylic acid groups (broad SMARTS) is 1. The van der Waals surface area contributed by atoms with Gasteiger partial charge in [-0.2, -0.15) is 0 Å². The molecule has 0 aromatic carbocycles. The van der Waals surface area contributed by atoms with Crippen LogP contribution in [0.1, 0.15) is 33.7 Å². The van der Waals surface area contributed by atoms with Crippen LogP contribution in [0.15, 0.2) is 18.3 Å². The maximum Gasteiger partial charge on any atom is 0.326 e. The normalized spacial score (nSPS) is 18.3. The van der Waals surface area contributed by atoms with E-state index in [0.717, 1.165) is 0 Å². The number of primary amides is 1. The van der Waals surface area contributed by atoms with E-state index in [9.17, 15) is 14.4 Å². The maximum atomic E-state index is 12.1. The lowest BCUT2D eigenvalue weighted by Gasteiger charge is -2.20. The van der Waals surface area contributed by atoms with Gasteiger partial charge in [0.1, 0.15) is 11.7 Å². The maximum absolute atomic E-state index is 12.1. The molecule has 1 aromatic heterocycles. The number of hydrogen-bond donors (Lipinski definition) is 2. The van der Waals surface area contributed by atoms with Crippen molar-refractivity contribution < 1.29 is 19.5 Å². The van der Waals surface area contributed by atoms with Gasteiger partial charge >= 0.3 is 5.97 Å². The lowest BCUT2D eigenvalue weighted by molar-refractivity contribution is -0.141. The Morgan fingerprint density at radius 2 is 2.11 bits per heavy atom. The average Bonchev–Trinajstić information content (AvgIpc) is 2.87. The van der Waals surface area contributed by atoms with Gasteiger partial charge in [0.15, 0.2) is 0 Å². The fourth-order valence-corrected chi connectivity index (χ4v) is 2.08. The molecule has 2 heterocycles. The summed E-state index contributed by atoms with van der Waals surface area (Å²) in [5, 5.41) is 9.02. The molecule has 0 bridgehead atoms. The minimum atomic E-state index is -1.01. The van der Waals surface area contributed by atoms with E-state index in [1.165, 1.54) is 23.2 Å². The molecule has 7 heteroatoms. The summed E-state index contributed by atoms with van der Waals surface area (Å²) in [5.41, 5.74) is 5.38. The highest BCUT2D eigenvalue weighted by atomic mass is 16.4. The van der Waals surface area contributed by atoms with E-state index in [4.69, 9.17) is 10.8 Å². The number of aromatic nitrogens is 1. The number of pyridine rings is 1. The first-order valence-corrected chi connectivity index (χ1v) is 5.80. The van der Waals surface area contributed by atoms with E-state index < -0.39 is 23.8 Å². The van der Waals surface area contributed by atoms with Crippen LogP contribution < -0.4 is 5.73 Å². The van der Waals surface area contributed by atoms with Gasteiger partial charge in [0, 0.05) is 12.7 Å². The van der Waals surface area contributed by atoms with Crippen molar-refractivity contribution in [2.45, 2.75) is 18.9 Å². The van der Waals surface area contributed by atoms with Crippen LogP contribution in [0, 0.1) is 0 Å². The first-order valence-electron chi connectivity index (χ1n) is 5.80. The zero-order valence-electron chi connectivity index (χ0n) is 10.1. The molecule has 1 saturated heterocycles. The molecule has 2 amide bonds. The van der Waals surface area contributed by atoms with Crippen LogP contribution in [0.3, 0.4) is 0 Å². The van der Waals surface area contributed by atoms with Crippen LogP contribution in [0.4, 0.5) is 0 Å². The Kier molecular flexibility index (Phi) is 3.46. The highest BCUT2D eigenvalue weighted by molar-refractivity contribution is 5.97. The van der Waals surface area contributed by atoms with Crippen molar-refractivity contribution >= 4 is 17.8 Å². The number of carboxylic acids is 1. The summed E-state index contributed by atoms with van der Waals surface area (Å²) in [6.45, 7) is 0.398. The third kappa shape index (κ3) is 2.54. The molecule has 1 fully saturated rings. The Morgan fingerprint density at radius 3 is 2.63 bits per heavy atom. The number of rotatable bonds is 3. The van der Waals surface area contributed by atoms with Crippen molar-refractivity contribution in [2.24, 2.45) is 5.73 Å². The number of carbonyl (C=O) groups is 3. The van der Waals surface area contributed by atoms with E-state index >= 15 is 0 Å². The van der Waals surface area contributed by atoms with Gasteiger partial charge in [0.25, 0.3) is 5.91 Å². The minimum absolute atomic E-state index is 0.109. The van der Waals surface area contributed by atoms with Gasteiger partial charge in [-0.05, 0) is 25.0 Å². The topological polar surface area (TPSA) is 114 Å². The summed E-state index contributed by atoms with van der Waals surface area (Å²) in [4.78, 5) is 39.2. The second-order valence-corrected chi connectivity index (χ2v) is 4.29. The first-order chi connectivity index (χ1) is 9.00. The highest BCUT2D eigenvalue weighted by Crippen LogP contribution is 2.19. The molecule has 2 rings (SSSR count). The van der Waals surface area contributed by atoms with Crippen molar-refractivity contribution in [3.8, 4) is 0 Å². The van der Waals surface area contributed by atoms with E-state index in [1.807, 2.05) is 0 Å². The van der Waals surface area contributed by atoms with Crippen LogP contribution in [0.2, 0.25) is 0 Å². The molecule has 1 aliphatic rings. The number of hydrogen-bond acceptors (Lipinski definition) is 4. The molecule has 7 nitrogen and oxygen atoms in total. The van der Waals surface area contributed by atoms with Gasteiger partial charge in [-0.15, -0.1) is 0 Å². The Hall–Kier alpha value is -2.44. The number of amides is 2. The van der Waals surface area contributed by atoms with Crippen molar-refractivity contribution in [2.75, 3.05) is 6.54 Å². The molecule has 19 heavy (non-hydrogen) atoms. The molecule has 1 aromatic rings. The van der Waals surface area contributed by atoms with E-state index in [0.29, 0.717) is 19.4 Å². The smallest absolute Gasteiger partial charge is 0.326 e. The number of likely N-dealkylation sites (tertiary alicyclic amines) is 1. The lowest BCUT2D eigenvalue weighted by Crippen LogP contribution is -2.40. The molecule has 0 spiro atoms. The molecule has 3 N–H and O–H groups in total. The number of aliphatic carboxylic acids is 1. The number of nitrogens with zero attached hydrogens (tertiary/aromatic N) is 2. The summed E-state index contributed by atoms with van der Waals surface area (Å²) in [6.07, 6.45) is 2.31. The van der Waals surface area contributed by atoms with Gasteiger partial charge in [-0.1, -0.05) is 0 Å². The molecule has 1 unspecified atom stereocenters. The average molecular weight is 263 g/mol.